The highest BCUT2D eigenvalue weighted by Gasteiger charge is 2.38. The lowest BCUT2D eigenvalue weighted by Gasteiger charge is -2.27. The average molecular weight is 213 g/mol. The molecule has 0 saturated carbocycles. The van der Waals surface area contributed by atoms with E-state index in [0.717, 1.165) is 0 Å². The van der Waals surface area contributed by atoms with E-state index in [0.29, 0.717) is 0 Å². The van der Waals surface area contributed by atoms with E-state index in [1.54, 1.807) is 0 Å². The van der Waals surface area contributed by atoms with E-state index in [9.17, 15) is 9.59 Å². The smallest absolute Gasteiger partial charge is 0.149 e. The van der Waals surface area contributed by atoms with Crippen molar-refractivity contribution in [3.8, 4) is 0 Å². The molecule has 0 aliphatic carbocycles. The van der Waals surface area contributed by atoms with Crippen LogP contribution in [0.2, 0.25) is 0 Å². The van der Waals surface area contributed by atoms with Gasteiger partial charge in [-0.2, -0.15) is 0 Å². The third-order valence-electron chi connectivity index (χ3n) is 2.35. The van der Waals surface area contributed by atoms with Crippen LogP contribution >= 0.6 is 0 Å². The lowest BCUT2D eigenvalue weighted by atomic mass is 9.75. The first-order valence-electron chi connectivity index (χ1n) is 5.30. The van der Waals surface area contributed by atoms with Gasteiger partial charge in [0, 0.05) is 17.4 Å². The number of carbonyl (C=O) groups is 2. The zero-order valence-electron chi connectivity index (χ0n) is 10.7. The number of ketones is 2. The SMILES string of the molecule is CC(C)(C)C(=O)C(CN)C(=O)C(C)(C)C. The maximum atomic E-state index is 12.0. The molecule has 88 valence electrons. The molecule has 0 amide bonds. The number of rotatable bonds is 3. The molecule has 15 heavy (non-hydrogen) atoms. The zero-order chi connectivity index (χ0) is 12.4. The van der Waals surface area contributed by atoms with Crippen molar-refractivity contribution in [2.24, 2.45) is 22.5 Å². The van der Waals surface area contributed by atoms with Gasteiger partial charge in [0.25, 0.3) is 0 Å². The predicted molar refractivity (Wildman–Crippen MR) is 61.5 cm³/mol. The molecule has 0 heterocycles. The molecule has 0 saturated heterocycles. The minimum Gasteiger partial charge on any atom is -0.329 e. The quantitative estimate of drug-likeness (QED) is 0.727. The monoisotopic (exact) mass is 213 g/mol. The molecule has 0 aromatic heterocycles. The van der Waals surface area contributed by atoms with Gasteiger partial charge in [0.2, 0.25) is 0 Å². The Hall–Kier alpha value is -0.700. The molecule has 0 aliphatic rings. The van der Waals surface area contributed by atoms with Crippen LogP contribution in [0.25, 0.3) is 0 Å². The van der Waals surface area contributed by atoms with Crippen molar-refractivity contribution in [1.29, 1.82) is 0 Å². The number of hydrogen-bond acceptors (Lipinski definition) is 3. The molecule has 0 unspecified atom stereocenters. The van der Waals surface area contributed by atoms with E-state index in [2.05, 4.69) is 0 Å². The Bertz CT molecular complexity index is 230. The molecule has 0 aliphatic heterocycles. The molecule has 3 nitrogen and oxygen atoms in total. The second-order valence-electron chi connectivity index (χ2n) is 6.02. The molecule has 0 atom stereocenters. The summed E-state index contributed by atoms with van der Waals surface area (Å²) < 4.78 is 0. The maximum Gasteiger partial charge on any atom is 0.149 e. The molecule has 3 heteroatoms. The van der Waals surface area contributed by atoms with Crippen LogP contribution in [0.15, 0.2) is 0 Å². The summed E-state index contributed by atoms with van der Waals surface area (Å²) >= 11 is 0. The highest BCUT2D eigenvalue weighted by molar-refractivity contribution is 6.06. The minimum absolute atomic E-state index is 0.0649. The lowest BCUT2D eigenvalue weighted by molar-refractivity contribution is -0.141. The fraction of sp³-hybridized carbons (Fsp3) is 0.833. The second kappa shape index (κ2) is 4.44. The first-order valence-corrected chi connectivity index (χ1v) is 5.30. The van der Waals surface area contributed by atoms with Crippen molar-refractivity contribution < 1.29 is 9.59 Å². The first kappa shape index (κ1) is 14.3. The van der Waals surface area contributed by atoms with Gasteiger partial charge in [-0.15, -0.1) is 0 Å². The molecular formula is C12H23NO2. The normalized spacial score (nSPS) is 13.1. The topological polar surface area (TPSA) is 60.2 Å². The van der Waals surface area contributed by atoms with Gasteiger partial charge in [-0.3, -0.25) is 9.59 Å². The van der Waals surface area contributed by atoms with Crippen LogP contribution in [0.4, 0.5) is 0 Å². The van der Waals surface area contributed by atoms with Crippen LogP contribution in [0.5, 0.6) is 0 Å². The van der Waals surface area contributed by atoms with Crippen molar-refractivity contribution in [3.05, 3.63) is 0 Å². The van der Waals surface area contributed by atoms with Crippen LogP contribution in [-0.4, -0.2) is 18.1 Å². The van der Waals surface area contributed by atoms with E-state index < -0.39 is 16.7 Å². The predicted octanol–water partition coefficient (Wildman–Crippen LogP) is 1.79. The third-order valence-corrected chi connectivity index (χ3v) is 2.35. The Morgan fingerprint density at radius 1 is 0.933 bits per heavy atom. The summed E-state index contributed by atoms with van der Waals surface area (Å²) in [5.41, 5.74) is 4.51. The van der Waals surface area contributed by atoms with Gasteiger partial charge in [0.05, 0.1) is 5.92 Å². The third kappa shape index (κ3) is 3.74. The van der Waals surface area contributed by atoms with Gasteiger partial charge < -0.3 is 5.73 Å². The molecule has 0 aromatic carbocycles. The summed E-state index contributed by atoms with van der Waals surface area (Å²) in [5, 5.41) is 0. The summed E-state index contributed by atoms with van der Waals surface area (Å²) in [5.74, 6) is -0.792. The van der Waals surface area contributed by atoms with Crippen molar-refractivity contribution in [1.82, 2.24) is 0 Å². The van der Waals surface area contributed by atoms with Crippen molar-refractivity contribution >= 4 is 11.6 Å². The Balaban J connectivity index is 4.96. The first-order chi connectivity index (χ1) is 6.51. The molecule has 0 fully saturated rings. The van der Waals surface area contributed by atoms with Crippen LogP contribution < -0.4 is 5.73 Å². The van der Waals surface area contributed by atoms with Gasteiger partial charge in [0.15, 0.2) is 0 Å². The molecule has 0 spiro atoms. The average Bonchev–Trinajstić information content (AvgIpc) is 2.01. The van der Waals surface area contributed by atoms with E-state index in [-0.39, 0.29) is 18.1 Å². The van der Waals surface area contributed by atoms with E-state index in [1.807, 2.05) is 41.5 Å². The molecule has 0 rings (SSSR count). The number of Topliss-reactive ketones (excluding diaryl/α,β-unsaturated/α-hetero) is 2. The molecule has 0 aromatic rings. The molecule has 2 N–H and O–H groups in total. The standard InChI is InChI=1S/C12H23NO2/c1-11(2,3)9(14)8(7-13)10(15)12(4,5)6/h8H,7,13H2,1-6H3. The van der Waals surface area contributed by atoms with Gasteiger partial charge in [0.1, 0.15) is 11.6 Å². The van der Waals surface area contributed by atoms with E-state index >= 15 is 0 Å². The minimum atomic E-state index is -0.662. The van der Waals surface area contributed by atoms with Crippen LogP contribution in [0.3, 0.4) is 0 Å². The number of hydrogen-bond donors (Lipinski definition) is 1. The summed E-state index contributed by atoms with van der Waals surface area (Å²) in [7, 11) is 0. The van der Waals surface area contributed by atoms with Gasteiger partial charge in [-0.25, -0.2) is 0 Å². The highest BCUT2D eigenvalue weighted by Crippen LogP contribution is 2.26. The number of nitrogens with two attached hydrogens (primary N) is 1. The van der Waals surface area contributed by atoms with E-state index in [1.165, 1.54) is 0 Å². The lowest BCUT2D eigenvalue weighted by Crippen LogP contribution is -2.42. The Morgan fingerprint density at radius 3 is 1.33 bits per heavy atom. The van der Waals surface area contributed by atoms with Gasteiger partial charge in [-0.05, 0) is 0 Å². The Kier molecular flexibility index (Phi) is 4.23. The zero-order valence-corrected chi connectivity index (χ0v) is 10.7. The fourth-order valence-electron chi connectivity index (χ4n) is 1.38. The fourth-order valence-corrected chi connectivity index (χ4v) is 1.38. The molecule has 0 bridgehead atoms. The summed E-state index contributed by atoms with van der Waals surface area (Å²) in [6, 6.07) is 0. The number of carbonyl (C=O) groups excluding carboxylic acids is 2. The van der Waals surface area contributed by atoms with Gasteiger partial charge in [-0.1, -0.05) is 41.5 Å². The largest absolute Gasteiger partial charge is 0.329 e. The van der Waals surface area contributed by atoms with Crippen LogP contribution in [0, 0.1) is 16.7 Å². The van der Waals surface area contributed by atoms with E-state index in [4.69, 9.17) is 5.73 Å². The molecule has 0 radical (unpaired) electrons. The Morgan fingerprint density at radius 2 is 1.20 bits per heavy atom. The summed E-state index contributed by atoms with van der Waals surface area (Å²) in [6.07, 6.45) is 0. The van der Waals surface area contributed by atoms with Gasteiger partial charge >= 0.3 is 0 Å². The summed E-state index contributed by atoms with van der Waals surface area (Å²) in [4.78, 5) is 24.0. The van der Waals surface area contributed by atoms with Crippen molar-refractivity contribution in [3.63, 3.8) is 0 Å². The van der Waals surface area contributed by atoms with Crippen molar-refractivity contribution in [2.45, 2.75) is 41.5 Å². The van der Waals surface area contributed by atoms with Crippen LogP contribution in [0.1, 0.15) is 41.5 Å². The van der Waals surface area contributed by atoms with Crippen molar-refractivity contribution in [2.75, 3.05) is 6.54 Å². The highest BCUT2D eigenvalue weighted by atomic mass is 16.2. The summed E-state index contributed by atoms with van der Waals surface area (Å²) in [6.45, 7) is 11.0. The van der Waals surface area contributed by atoms with Crippen LogP contribution in [-0.2, 0) is 9.59 Å². The maximum absolute atomic E-state index is 12.0. The second-order valence-corrected chi connectivity index (χ2v) is 6.02. The Labute approximate surface area is 92.4 Å². The molecular weight excluding hydrogens is 190 g/mol.